The van der Waals surface area contributed by atoms with Crippen LogP contribution in [0.5, 0.6) is 0 Å². The standard InChI is InChI=1S/C10H16N4O/c1-11-6-9-8-14(4-5-15-9)10-7-12-2-3-13-10/h2-3,7,9,11H,4-6,8H2,1H3. The quantitative estimate of drug-likeness (QED) is 0.752. The van der Waals surface area contributed by atoms with Crippen molar-refractivity contribution in [3.63, 3.8) is 0 Å². The molecule has 5 heteroatoms. The van der Waals surface area contributed by atoms with E-state index < -0.39 is 0 Å². The van der Waals surface area contributed by atoms with Crippen molar-refractivity contribution in [3.05, 3.63) is 18.6 Å². The van der Waals surface area contributed by atoms with Crippen LogP contribution in [0.25, 0.3) is 0 Å². The summed E-state index contributed by atoms with van der Waals surface area (Å²) in [5.41, 5.74) is 0. The molecule has 1 aliphatic heterocycles. The van der Waals surface area contributed by atoms with E-state index in [0.29, 0.717) is 0 Å². The average Bonchev–Trinajstić information content (AvgIpc) is 2.31. The molecule has 1 aromatic heterocycles. The lowest BCUT2D eigenvalue weighted by Crippen LogP contribution is -2.46. The van der Waals surface area contributed by atoms with E-state index in [2.05, 4.69) is 20.2 Å². The number of likely N-dealkylation sites (N-methyl/N-ethyl adjacent to an activating group) is 1. The van der Waals surface area contributed by atoms with E-state index in [9.17, 15) is 0 Å². The summed E-state index contributed by atoms with van der Waals surface area (Å²) < 4.78 is 5.62. The van der Waals surface area contributed by atoms with Gasteiger partial charge in [-0.25, -0.2) is 4.98 Å². The predicted octanol–water partition coefficient (Wildman–Crippen LogP) is -0.0988. The van der Waals surface area contributed by atoms with Crippen molar-refractivity contribution in [2.24, 2.45) is 0 Å². The van der Waals surface area contributed by atoms with Crippen molar-refractivity contribution in [2.75, 3.05) is 38.2 Å². The molecule has 0 amide bonds. The van der Waals surface area contributed by atoms with Gasteiger partial charge < -0.3 is 15.0 Å². The second kappa shape index (κ2) is 5.04. The van der Waals surface area contributed by atoms with Gasteiger partial charge in [-0.15, -0.1) is 0 Å². The fraction of sp³-hybridized carbons (Fsp3) is 0.600. The number of anilines is 1. The van der Waals surface area contributed by atoms with E-state index in [1.807, 2.05) is 7.05 Å². The molecule has 2 heterocycles. The molecule has 1 N–H and O–H groups in total. The fourth-order valence-electron chi connectivity index (χ4n) is 1.73. The summed E-state index contributed by atoms with van der Waals surface area (Å²) >= 11 is 0. The highest BCUT2D eigenvalue weighted by Gasteiger charge is 2.20. The van der Waals surface area contributed by atoms with E-state index >= 15 is 0 Å². The fourth-order valence-corrected chi connectivity index (χ4v) is 1.73. The van der Waals surface area contributed by atoms with E-state index in [-0.39, 0.29) is 6.10 Å². The van der Waals surface area contributed by atoms with Crippen LogP contribution in [0.3, 0.4) is 0 Å². The Morgan fingerprint density at radius 1 is 1.60 bits per heavy atom. The summed E-state index contributed by atoms with van der Waals surface area (Å²) in [5, 5.41) is 3.12. The molecule has 1 aliphatic rings. The molecule has 82 valence electrons. The van der Waals surface area contributed by atoms with Crippen molar-refractivity contribution < 1.29 is 4.74 Å². The van der Waals surface area contributed by atoms with E-state index in [0.717, 1.165) is 32.1 Å². The third-order valence-corrected chi connectivity index (χ3v) is 2.44. The molecule has 1 saturated heterocycles. The van der Waals surface area contributed by atoms with Crippen molar-refractivity contribution in [3.8, 4) is 0 Å². The number of nitrogens with zero attached hydrogens (tertiary/aromatic N) is 3. The first-order chi connectivity index (χ1) is 7.40. The van der Waals surface area contributed by atoms with Crippen LogP contribution < -0.4 is 10.2 Å². The number of rotatable bonds is 3. The summed E-state index contributed by atoms with van der Waals surface area (Å²) in [6.45, 7) is 3.39. The SMILES string of the molecule is CNCC1CN(c2cnccn2)CCO1. The molecule has 2 rings (SSSR count). The summed E-state index contributed by atoms with van der Waals surface area (Å²) in [5.74, 6) is 0.932. The van der Waals surface area contributed by atoms with Crippen LogP contribution in [0.2, 0.25) is 0 Å². The summed E-state index contributed by atoms with van der Waals surface area (Å²) in [7, 11) is 1.94. The van der Waals surface area contributed by atoms with Crippen LogP contribution in [-0.4, -0.2) is 49.4 Å². The summed E-state index contributed by atoms with van der Waals surface area (Å²) in [6.07, 6.45) is 5.44. The minimum absolute atomic E-state index is 0.241. The van der Waals surface area contributed by atoms with Crippen LogP contribution >= 0.6 is 0 Å². The van der Waals surface area contributed by atoms with Gasteiger partial charge >= 0.3 is 0 Å². The molecule has 0 aliphatic carbocycles. The molecule has 1 atom stereocenters. The Morgan fingerprint density at radius 2 is 2.53 bits per heavy atom. The maximum absolute atomic E-state index is 5.62. The van der Waals surface area contributed by atoms with Crippen LogP contribution in [0.4, 0.5) is 5.82 Å². The van der Waals surface area contributed by atoms with Gasteiger partial charge in [0.05, 0.1) is 18.9 Å². The zero-order valence-electron chi connectivity index (χ0n) is 8.89. The highest BCUT2D eigenvalue weighted by molar-refractivity contribution is 5.35. The monoisotopic (exact) mass is 208 g/mol. The smallest absolute Gasteiger partial charge is 0.147 e. The Labute approximate surface area is 89.5 Å². The van der Waals surface area contributed by atoms with Gasteiger partial charge in [-0.1, -0.05) is 0 Å². The van der Waals surface area contributed by atoms with E-state index in [4.69, 9.17) is 4.74 Å². The predicted molar refractivity (Wildman–Crippen MR) is 57.9 cm³/mol. The Bertz CT molecular complexity index is 291. The van der Waals surface area contributed by atoms with Crippen molar-refractivity contribution >= 4 is 5.82 Å². The number of aromatic nitrogens is 2. The average molecular weight is 208 g/mol. The number of hydrogen-bond acceptors (Lipinski definition) is 5. The van der Waals surface area contributed by atoms with Crippen molar-refractivity contribution in [1.29, 1.82) is 0 Å². The van der Waals surface area contributed by atoms with Crippen molar-refractivity contribution in [2.45, 2.75) is 6.10 Å². The molecule has 0 spiro atoms. The molecule has 0 saturated carbocycles. The van der Waals surface area contributed by atoms with E-state index in [1.54, 1.807) is 18.6 Å². The zero-order valence-corrected chi connectivity index (χ0v) is 8.89. The minimum atomic E-state index is 0.241. The van der Waals surface area contributed by atoms with Gasteiger partial charge in [0.15, 0.2) is 0 Å². The van der Waals surface area contributed by atoms with Crippen LogP contribution in [0.1, 0.15) is 0 Å². The van der Waals surface area contributed by atoms with Crippen molar-refractivity contribution in [1.82, 2.24) is 15.3 Å². The van der Waals surface area contributed by atoms with Gasteiger partial charge in [-0.05, 0) is 7.05 Å². The van der Waals surface area contributed by atoms with Gasteiger partial charge in [0.2, 0.25) is 0 Å². The topological polar surface area (TPSA) is 50.3 Å². The van der Waals surface area contributed by atoms with Gasteiger partial charge in [0.1, 0.15) is 5.82 Å². The second-order valence-electron chi connectivity index (χ2n) is 3.56. The molecular weight excluding hydrogens is 192 g/mol. The first kappa shape index (κ1) is 10.3. The summed E-state index contributed by atoms with van der Waals surface area (Å²) in [6, 6.07) is 0. The van der Waals surface area contributed by atoms with Crippen LogP contribution in [-0.2, 0) is 4.74 Å². The maximum atomic E-state index is 5.62. The first-order valence-corrected chi connectivity index (χ1v) is 5.17. The molecule has 0 bridgehead atoms. The number of ether oxygens (including phenoxy) is 1. The van der Waals surface area contributed by atoms with Crippen LogP contribution in [0.15, 0.2) is 18.6 Å². The largest absolute Gasteiger partial charge is 0.373 e. The van der Waals surface area contributed by atoms with Gasteiger partial charge in [-0.2, -0.15) is 0 Å². The minimum Gasteiger partial charge on any atom is -0.373 e. The number of hydrogen-bond donors (Lipinski definition) is 1. The lowest BCUT2D eigenvalue weighted by molar-refractivity contribution is 0.0419. The Hall–Kier alpha value is -1.20. The molecule has 15 heavy (non-hydrogen) atoms. The Morgan fingerprint density at radius 3 is 3.27 bits per heavy atom. The molecule has 1 unspecified atom stereocenters. The van der Waals surface area contributed by atoms with E-state index in [1.165, 1.54) is 0 Å². The summed E-state index contributed by atoms with van der Waals surface area (Å²) in [4.78, 5) is 10.6. The number of nitrogens with one attached hydrogen (secondary N) is 1. The Kier molecular flexibility index (Phi) is 3.47. The number of morpholine rings is 1. The van der Waals surface area contributed by atoms with Gasteiger partial charge in [0.25, 0.3) is 0 Å². The molecule has 1 aromatic rings. The highest BCUT2D eigenvalue weighted by Crippen LogP contribution is 2.12. The Balaban J connectivity index is 1.98. The maximum Gasteiger partial charge on any atom is 0.147 e. The zero-order chi connectivity index (χ0) is 10.5. The molecule has 0 radical (unpaired) electrons. The molecular formula is C10H16N4O. The van der Waals surface area contributed by atoms with Gasteiger partial charge in [0, 0.05) is 32.0 Å². The normalized spacial score (nSPS) is 21.7. The molecule has 5 nitrogen and oxygen atoms in total. The highest BCUT2D eigenvalue weighted by atomic mass is 16.5. The second-order valence-corrected chi connectivity index (χ2v) is 3.56. The van der Waals surface area contributed by atoms with Crippen LogP contribution in [0, 0.1) is 0 Å². The third-order valence-electron chi connectivity index (χ3n) is 2.44. The van der Waals surface area contributed by atoms with Gasteiger partial charge in [-0.3, -0.25) is 4.98 Å². The lowest BCUT2D eigenvalue weighted by atomic mass is 10.2. The molecule has 0 aromatic carbocycles. The molecule has 1 fully saturated rings. The third kappa shape index (κ3) is 2.64. The lowest BCUT2D eigenvalue weighted by Gasteiger charge is -2.33. The first-order valence-electron chi connectivity index (χ1n) is 5.17.